The number of quaternary nitrogens is 1. The van der Waals surface area contributed by atoms with Gasteiger partial charge in [0.15, 0.2) is 0 Å². The lowest BCUT2D eigenvalue weighted by Crippen LogP contribution is -2.37. The summed E-state index contributed by atoms with van der Waals surface area (Å²) in [5.41, 5.74) is 0. The van der Waals surface area contributed by atoms with Crippen molar-refractivity contribution in [2.24, 2.45) is 0 Å². The van der Waals surface area contributed by atoms with Gasteiger partial charge < -0.3 is 27.9 Å². The van der Waals surface area contributed by atoms with Crippen LogP contribution in [0, 0.1) is 0 Å². The van der Waals surface area contributed by atoms with Crippen LogP contribution in [0.25, 0.3) is 0 Å². The van der Waals surface area contributed by atoms with Crippen LogP contribution in [0.3, 0.4) is 0 Å². The summed E-state index contributed by atoms with van der Waals surface area (Å²) in [5, 5.41) is 0. The molecule has 0 amide bonds. The molecule has 2 atom stereocenters. The molecule has 0 aromatic carbocycles. The molecule has 0 heterocycles. The molecule has 0 aliphatic rings. The quantitative estimate of drug-likeness (QED) is 0.0292. The summed E-state index contributed by atoms with van der Waals surface area (Å²) >= 11 is 0. The molecule has 0 aliphatic carbocycles. The maximum absolute atomic E-state index is 10.3. The molecular weight excluding hydrogens is 653 g/mol. The standard InChI is InChI=1S/C44H89NO5P/c1-6-8-10-12-14-16-18-20-22-24-26-28-30-32-34-36-39-47-42-44(43-50-51(46)49-41-38-45(3,4)5)48-40-37-35-33-31-29-27-25-23-21-19-17-15-13-11-9-7-2/h20-23,44,46H,6-19,24-43H2,1-5H3/q+1/b22-20-,23-21-. The fourth-order valence-electron chi connectivity index (χ4n) is 5.99. The van der Waals surface area contributed by atoms with E-state index in [4.69, 9.17) is 18.5 Å². The van der Waals surface area contributed by atoms with Crippen LogP contribution in [0.4, 0.5) is 0 Å². The maximum Gasteiger partial charge on any atom is 0.330 e. The third kappa shape index (κ3) is 44.0. The topological polar surface area (TPSA) is 57.2 Å². The first-order valence-electron chi connectivity index (χ1n) is 21.9. The molecule has 1 N–H and O–H groups in total. The van der Waals surface area contributed by atoms with Gasteiger partial charge in [-0.15, -0.1) is 0 Å². The predicted octanol–water partition coefficient (Wildman–Crippen LogP) is 13.4. The Bertz CT molecular complexity index is 729. The lowest BCUT2D eigenvalue weighted by Gasteiger charge is -2.24. The number of allylic oxidation sites excluding steroid dienone is 4. The van der Waals surface area contributed by atoms with Crippen LogP contribution in [0.5, 0.6) is 0 Å². The third-order valence-corrected chi connectivity index (χ3v) is 10.2. The number of hydrogen-bond acceptors (Lipinski definition) is 5. The number of hydrogen-bond donors (Lipinski definition) is 1. The van der Waals surface area contributed by atoms with Crippen molar-refractivity contribution in [1.29, 1.82) is 0 Å². The van der Waals surface area contributed by atoms with E-state index >= 15 is 0 Å². The molecule has 6 nitrogen and oxygen atoms in total. The van der Waals surface area contributed by atoms with Crippen molar-refractivity contribution in [3.8, 4) is 0 Å². The van der Waals surface area contributed by atoms with Crippen LogP contribution >= 0.6 is 8.60 Å². The second kappa shape index (κ2) is 40.8. The third-order valence-electron chi connectivity index (χ3n) is 9.45. The van der Waals surface area contributed by atoms with Crippen LogP contribution in [-0.2, 0) is 18.5 Å². The van der Waals surface area contributed by atoms with Gasteiger partial charge in [-0.3, -0.25) is 0 Å². The van der Waals surface area contributed by atoms with Crippen molar-refractivity contribution in [2.75, 3.05) is 60.7 Å². The van der Waals surface area contributed by atoms with Crippen LogP contribution in [-0.4, -0.2) is 76.2 Å². The van der Waals surface area contributed by atoms with E-state index in [1.807, 2.05) is 0 Å². The highest BCUT2D eigenvalue weighted by atomic mass is 31.2. The van der Waals surface area contributed by atoms with Gasteiger partial charge in [0.25, 0.3) is 0 Å². The van der Waals surface area contributed by atoms with Gasteiger partial charge in [-0.1, -0.05) is 154 Å². The highest BCUT2D eigenvalue weighted by molar-refractivity contribution is 7.40. The van der Waals surface area contributed by atoms with Crippen LogP contribution in [0.2, 0.25) is 0 Å². The van der Waals surface area contributed by atoms with E-state index in [0.29, 0.717) is 26.4 Å². The highest BCUT2D eigenvalue weighted by Crippen LogP contribution is 2.33. The van der Waals surface area contributed by atoms with Crippen molar-refractivity contribution in [3.05, 3.63) is 24.3 Å². The number of likely N-dealkylation sites (N-methyl/N-ethyl adjacent to an activating group) is 1. The van der Waals surface area contributed by atoms with Crippen LogP contribution in [0.1, 0.15) is 194 Å². The van der Waals surface area contributed by atoms with Crippen molar-refractivity contribution < 1.29 is 27.9 Å². The van der Waals surface area contributed by atoms with Crippen LogP contribution < -0.4 is 0 Å². The molecule has 0 rings (SSSR count). The number of unbranched alkanes of at least 4 members (excludes halogenated alkanes) is 24. The van der Waals surface area contributed by atoms with Crippen molar-refractivity contribution in [3.63, 3.8) is 0 Å². The molecule has 7 heteroatoms. The molecular formula is C44H89NO5P+. The van der Waals surface area contributed by atoms with Crippen molar-refractivity contribution in [2.45, 2.75) is 200 Å². The van der Waals surface area contributed by atoms with Crippen molar-refractivity contribution >= 4 is 8.60 Å². The Labute approximate surface area is 320 Å². The monoisotopic (exact) mass is 743 g/mol. The molecule has 0 aromatic heterocycles. The Morgan fingerprint density at radius 3 is 1.29 bits per heavy atom. The smallest absolute Gasteiger partial charge is 0.330 e. The minimum atomic E-state index is -1.90. The lowest BCUT2D eigenvalue weighted by atomic mass is 10.1. The molecule has 0 fully saturated rings. The number of nitrogens with zero attached hydrogens (tertiary/aromatic N) is 1. The van der Waals surface area contributed by atoms with Gasteiger partial charge in [-0.25, -0.2) is 0 Å². The molecule has 0 spiro atoms. The normalized spacial score (nSPS) is 13.6. The Balaban J connectivity index is 4.00. The molecule has 0 aromatic rings. The molecule has 0 radical (unpaired) electrons. The Hall–Kier alpha value is -0.330. The summed E-state index contributed by atoms with van der Waals surface area (Å²) in [4.78, 5) is 10.3. The molecule has 304 valence electrons. The molecule has 0 saturated carbocycles. The zero-order valence-electron chi connectivity index (χ0n) is 34.9. The fraction of sp³-hybridized carbons (Fsp3) is 0.909. The Morgan fingerprint density at radius 1 is 0.471 bits per heavy atom. The Kier molecular flexibility index (Phi) is 40.6. The van der Waals surface area contributed by atoms with Crippen molar-refractivity contribution in [1.82, 2.24) is 0 Å². The zero-order valence-corrected chi connectivity index (χ0v) is 35.8. The maximum atomic E-state index is 10.3. The van der Waals surface area contributed by atoms with E-state index in [-0.39, 0.29) is 6.10 Å². The van der Waals surface area contributed by atoms with E-state index in [0.717, 1.165) is 30.5 Å². The summed E-state index contributed by atoms with van der Waals surface area (Å²) in [6.45, 7) is 8.11. The molecule has 2 unspecified atom stereocenters. The van der Waals surface area contributed by atoms with Gasteiger partial charge in [0.05, 0.1) is 34.4 Å². The van der Waals surface area contributed by atoms with Gasteiger partial charge in [-0.05, 0) is 64.2 Å². The number of rotatable bonds is 42. The van der Waals surface area contributed by atoms with Gasteiger partial charge in [0.2, 0.25) is 0 Å². The first-order chi connectivity index (χ1) is 24.9. The zero-order chi connectivity index (χ0) is 37.4. The first-order valence-corrected chi connectivity index (χ1v) is 23.1. The second-order valence-corrected chi connectivity index (χ2v) is 16.8. The summed E-state index contributed by atoms with van der Waals surface area (Å²) in [5.74, 6) is 0. The number of ether oxygens (including phenoxy) is 2. The summed E-state index contributed by atoms with van der Waals surface area (Å²) in [6.07, 6.45) is 45.9. The predicted molar refractivity (Wildman–Crippen MR) is 223 cm³/mol. The van der Waals surface area contributed by atoms with Gasteiger partial charge in [0.1, 0.15) is 19.3 Å². The van der Waals surface area contributed by atoms with Gasteiger partial charge in [0, 0.05) is 13.2 Å². The highest BCUT2D eigenvalue weighted by Gasteiger charge is 2.16. The van der Waals surface area contributed by atoms with E-state index in [9.17, 15) is 4.89 Å². The molecule has 0 aliphatic heterocycles. The molecule has 0 bridgehead atoms. The Morgan fingerprint density at radius 2 is 0.863 bits per heavy atom. The van der Waals surface area contributed by atoms with E-state index < -0.39 is 8.60 Å². The average Bonchev–Trinajstić information content (AvgIpc) is 3.10. The first kappa shape index (κ1) is 50.7. The minimum Gasteiger partial charge on any atom is -0.379 e. The summed E-state index contributed by atoms with van der Waals surface area (Å²) in [7, 11) is 4.43. The van der Waals surface area contributed by atoms with E-state index in [1.54, 1.807) is 0 Å². The molecule has 51 heavy (non-hydrogen) atoms. The second-order valence-electron chi connectivity index (χ2n) is 15.8. The van der Waals surface area contributed by atoms with Crippen LogP contribution in [0.15, 0.2) is 24.3 Å². The van der Waals surface area contributed by atoms with E-state index in [1.165, 1.54) is 167 Å². The lowest BCUT2D eigenvalue weighted by molar-refractivity contribution is -0.870. The van der Waals surface area contributed by atoms with E-state index in [2.05, 4.69) is 59.3 Å². The average molecular weight is 743 g/mol. The fourth-order valence-corrected chi connectivity index (χ4v) is 6.59. The van der Waals surface area contributed by atoms with Gasteiger partial charge in [-0.2, -0.15) is 0 Å². The summed E-state index contributed by atoms with van der Waals surface area (Å²) in [6, 6.07) is 0. The largest absolute Gasteiger partial charge is 0.379 e. The minimum absolute atomic E-state index is 0.179. The van der Waals surface area contributed by atoms with Gasteiger partial charge >= 0.3 is 8.60 Å². The SMILES string of the molecule is CCCCCCCC/C=C\CCCCCCCCOCC(COP(O)OCC[N+](C)(C)C)OCCCCCCCC/C=C\CCCCCCCC. The molecule has 0 saturated heterocycles. The summed E-state index contributed by atoms with van der Waals surface area (Å²) < 4.78 is 24.2.